The molecule has 2 N–H and O–H groups in total. The van der Waals surface area contributed by atoms with Gasteiger partial charge in [-0.15, -0.1) is 0 Å². The predicted molar refractivity (Wildman–Crippen MR) is 238 cm³/mol. The minimum atomic E-state index is -0.947. The minimum absolute atomic E-state index is 0. The van der Waals surface area contributed by atoms with E-state index >= 15 is 0 Å². The number of ether oxygens (including phenoxy) is 2. The first-order valence-corrected chi connectivity index (χ1v) is 23.3. The molecule has 2 rings (SSSR count). The van der Waals surface area contributed by atoms with Gasteiger partial charge in [-0.05, 0) is 88.2 Å². The molecule has 0 aliphatic carbocycles. The summed E-state index contributed by atoms with van der Waals surface area (Å²) in [6.45, 7) is 5.76. The number of carbonyl (C=O) groups excluding carboxylic acids is 2. The van der Waals surface area contributed by atoms with Crippen LogP contribution in [0.15, 0.2) is 60.7 Å². The summed E-state index contributed by atoms with van der Waals surface area (Å²) in [5.74, 6) is -1.89. The van der Waals surface area contributed by atoms with Crippen LogP contribution in [0.25, 0.3) is 0 Å². The van der Waals surface area contributed by atoms with Gasteiger partial charge in [-0.1, -0.05) is 177 Å². The first kappa shape index (κ1) is 57.8. The van der Waals surface area contributed by atoms with Crippen LogP contribution in [0.1, 0.15) is 205 Å². The van der Waals surface area contributed by atoms with Crippen molar-refractivity contribution in [3.63, 3.8) is 0 Å². The molecule has 0 amide bonds. The number of hydrogen-bond acceptors (Lipinski definition) is 8. The topological polar surface area (TPSA) is 139 Å². The molecule has 8 nitrogen and oxygen atoms in total. The molecule has 9 heteroatoms. The Hall–Kier alpha value is -1.21. The van der Waals surface area contributed by atoms with Crippen LogP contribution in [0.4, 0.5) is 0 Å². The summed E-state index contributed by atoms with van der Waals surface area (Å²) in [4.78, 5) is 20.7. The molecule has 4 atom stereocenters. The molecule has 0 saturated heterocycles. The summed E-state index contributed by atoms with van der Waals surface area (Å²) < 4.78 is 12.2. The summed E-state index contributed by atoms with van der Waals surface area (Å²) in [6.07, 6.45) is 27.1. The SMILES string of the molecule is CCCC(CCCCC(O)CCCCCCCCC(=O)[O-])OCc1ccccc1.CCCC(CCCCC(O)CCCCCCCCC(=O)[O-])OCc1ccccc1.[Ba+2]. The number of aliphatic hydroxyl groups is 2. The van der Waals surface area contributed by atoms with Crippen molar-refractivity contribution in [2.24, 2.45) is 0 Å². The quantitative estimate of drug-likeness (QED) is 0.0501. The maximum absolute atomic E-state index is 10.3. The van der Waals surface area contributed by atoms with E-state index in [1.165, 1.54) is 11.1 Å². The second kappa shape index (κ2) is 42.1. The molecule has 2 aromatic carbocycles. The average molecular weight is 949 g/mol. The van der Waals surface area contributed by atoms with Gasteiger partial charge in [0.25, 0.3) is 0 Å². The van der Waals surface area contributed by atoms with Crippen molar-refractivity contribution in [1.29, 1.82) is 0 Å². The normalized spacial score (nSPS) is 13.1. The standard InChI is InChI=1S/2C25H42O4.Ba/c2*1-2-14-24(29-21-22-15-8-7-9-16-22)19-13-12-18-23(26)17-10-5-3-4-6-11-20-25(27)28;/h2*7-9,15-16,23-24,26H,2-6,10-14,17-21H2,1H3,(H,27,28);/q;;+2/p-2. The summed E-state index contributed by atoms with van der Waals surface area (Å²) in [5, 5.41) is 41.0. The van der Waals surface area contributed by atoms with Crippen LogP contribution < -0.4 is 10.2 Å². The van der Waals surface area contributed by atoms with Crippen molar-refractivity contribution >= 4 is 60.8 Å². The smallest absolute Gasteiger partial charge is 0.550 e. The third-order valence-electron chi connectivity index (χ3n) is 10.8. The van der Waals surface area contributed by atoms with Gasteiger partial charge in [-0.25, -0.2) is 0 Å². The number of carboxylic acid groups (broad SMARTS) is 2. The molecule has 0 aliphatic heterocycles. The first-order valence-electron chi connectivity index (χ1n) is 23.3. The van der Waals surface area contributed by atoms with Crippen molar-refractivity contribution in [3.8, 4) is 0 Å². The van der Waals surface area contributed by atoms with Crippen molar-refractivity contribution in [1.82, 2.24) is 0 Å². The second-order valence-electron chi connectivity index (χ2n) is 16.4. The van der Waals surface area contributed by atoms with Gasteiger partial charge >= 0.3 is 48.9 Å². The van der Waals surface area contributed by atoms with E-state index in [9.17, 15) is 30.0 Å². The number of unbranched alkanes of at least 4 members (excludes halogenated alkanes) is 12. The Morgan fingerprint density at radius 1 is 0.458 bits per heavy atom. The van der Waals surface area contributed by atoms with Crippen LogP contribution in [-0.2, 0) is 32.3 Å². The number of carbonyl (C=O) groups is 2. The largest absolute Gasteiger partial charge is 2.00 e. The molecular weight excluding hydrogens is 866 g/mol. The fourth-order valence-electron chi connectivity index (χ4n) is 7.35. The summed E-state index contributed by atoms with van der Waals surface area (Å²) in [6, 6.07) is 20.7. The van der Waals surface area contributed by atoms with Crippen molar-refractivity contribution in [3.05, 3.63) is 71.8 Å². The van der Waals surface area contributed by atoms with Gasteiger partial charge in [0.2, 0.25) is 0 Å². The molecule has 0 spiro atoms. The fourth-order valence-corrected chi connectivity index (χ4v) is 7.35. The maximum atomic E-state index is 10.3. The predicted octanol–water partition coefficient (Wildman–Crippen LogP) is 9.95. The Morgan fingerprint density at radius 2 is 0.746 bits per heavy atom. The summed E-state index contributed by atoms with van der Waals surface area (Å²) >= 11 is 0. The molecular formula is C50H82BaO8. The molecule has 0 bridgehead atoms. The van der Waals surface area contributed by atoms with Crippen LogP contribution in [0.3, 0.4) is 0 Å². The molecule has 59 heavy (non-hydrogen) atoms. The minimum Gasteiger partial charge on any atom is -0.550 e. The van der Waals surface area contributed by atoms with E-state index in [-0.39, 0.29) is 73.9 Å². The number of benzene rings is 2. The Bertz CT molecular complexity index is 1110. The number of hydrogen-bond donors (Lipinski definition) is 2. The van der Waals surface area contributed by atoms with Gasteiger partial charge in [0, 0.05) is 11.9 Å². The van der Waals surface area contributed by atoms with E-state index in [1.807, 2.05) is 36.4 Å². The average Bonchev–Trinajstić information content (AvgIpc) is 3.21. The van der Waals surface area contributed by atoms with E-state index in [0.717, 1.165) is 167 Å². The van der Waals surface area contributed by atoms with Gasteiger partial charge in [0.1, 0.15) is 0 Å². The van der Waals surface area contributed by atoms with Crippen molar-refractivity contribution in [2.45, 2.75) is 231 Å². The Morgan fingerprint density at radius 3 is 1.07 bits per heavy atom. The number of carboxylic acids is 2. The zero-order valence-corrected chi connectivity index (χ0v) is 41.8. The van der Waals surface area contributed by atoms with Gasteiger partial charge in [-0.2, -0.15) is 0 Å². The molecule has 0 aromatic heterocycles. The summed E-state index contributed by atoms with van der Waals surface area (Å²) in [7, 11) is 0. The number of aliphatic hydroxyl groups excluding tert-OH is 2. The Kier molecular flexibility index (Phi) is 41.2. The van der Waals surface area contributed by atoms with Gasteiger partial charge in [0.15, 0.2) is 0 Å². The zero-order valence-electron chi connectivity index (χ0n) is 37.3. The molecule has 4 unspecified atom stereocenters. The van der Waals surface area contributed by atoms with E-state index in [1.54, 1.807) is 0 Å². The van der Waals surface area contributed by atoms with Gasteiger partial charge in [-0.3, -0.25) is 0 Å². The molecule has 332 valence electrons. The van der Waals surface area contributed by atoms with Gasteiger partial charge in [0.05, 0.1) is 37.6 Å². The van der Waals surface area contributed by atoms with Crippen LogP contribution in [0, 0.1) is 0 Å². The van der Waals surface area contributed by atoms with E-state index in [4.69, 9.17) is 9.47 Å². The Labute approximate surface area is 400 Å². The van der Waals surface area contributed by atoms with E-state index in [2.05, 4.69) is 38.1 Å². The van der Waals surface area contributed by atoms with Crippen LogP contribution in [0.2, 0.25) is 0 Å². The summed E-state index contributed by atoms with van der Waals surface area (Å²) in [5.41, 5.74) is 2.45. The maximum Gasteiger partial charge on any atom is 2.00 e. The van der Waals surface area contributed by atoms with Crippen molar-refractivity contribution in [2.75, 3.05) is 0 Å². The Balaban J connectivity index is 0.00000112. The van der Waals surface area contributed by atoms with Crippen LogP contribution in [-0.4, -0.2) is 95.4 Å². The van der Waals surface area contributed by atoms with Crippen LogP contribution >= 0.6 is 0 Å². The second-order valence-corrected chi connectivity index (χ2v) is 16.4. The molecule has 0 heterocycles. The number of aliphatic carboxylic acids is 2. The molecule has 0 radical (unpaired) electrons. The third-order valence-corrected chi connectivity index (χ3v) is 10.8. The zero-order chi connectivity index (χ0) is 42.3. The van der Waals surface area contributed by atoms with Crippen LogP contribution in [0.5, 0.6) is 0 Å². The first-order chi connectivity index (χ1) is 28.2. The molecule has 2 aromatic rings. The molecule has 0 fully saturated rings. The third kappa shape index (κ3) is 38.2. The fraction of sp³-hybridized carbons (Fsp3) is 0.720. The van der Waals surface area contributed by atoms with Crippen molar-refractivity contribution < 1.29 is 39.5 Å². The van der Waals surface area contributed by atoms with Gasteiger partial charge < -0.3 is 39.5 Å². The van der Waals surface area contributed by atoms with E-state index in [0.29, 0.717) is 25.4 Å². The van der Waals surface area contributed by atoms with E-state index < -0.39 is 11.9 Å². The number of rotatable bonds is 38. The monoisotopic (exact) mass is 949 g/mol. The molecule has 0 saturated carbocycles. The molecule has 0 aliphatic rings.